The smallest absolute Gasteiger partial charge is 0.272 e. The third-order valence-corrected chi connectivity index (χ3v) is 8.23. The van der Waals surface area contributed by atoms with Gasteiger partial charge in [0.25, 0.3) is 11.8 Å². The number of carbonyl (C=O) groups is 3. The fraction of sp³-hybridized carbons (Fsp3) is 0.0833. The van der Waals surface area contributed by atoms with Gasteiger partial charge in [0.1, 0.15) is 28.7 Å². The zero-order valence-corrected chi connectivity index (χ0v) is 27.8. The lowest BCUT2D eigenvalue weighted by Gasteiger charge is -2.12. The molecular formula is C36H30BrN3O6S. The minimum Gasteiger partial charge on any atom is -0.497 e. The maximum Gasteiger partial charge on any atom is 0.272 e. The van der Waals surface area contributed by atoms with E-state index >= 15 is 0 Å². The minimum atomic E-state index is -0.538. The molecular weight excluding hydrogens is 682 g/mol. The molecule has 1 heterocycles. The first-order valence-corrected chi connectivity index (χ1v) is 16.1. The molecule has 11 heteroatoms. The molecule has 47 heavy (non-hydrogen) atoms. The van der Waals surface area contributed by atoms with Crippen LogP contribution in [0.1, 0.15) is 16.1 Å². The summed E-state index contributed by atoms with van der Waals surface area (Å²) >= 11 is 4.77. The topological polar surface area (TPSA) is 119 Å². The maximum atomic E-state index is 13.4. The Bertz CT molecular complexity index is 1870. The Morgan fingerprint density at radius 3 is 2.13 bits per heavy atom. The first-order valence-electron chi connectivity index (χ1n) is 14.3. The highest BCUT2D eigenvalue weighted by molar-refractivity contribution is 9.10. The van der Waals surface area contributed by atoms with E-state index < -0.39 is 11.8 Å². The van der Waals surface area contributed by atoms with E-state index in [4.69, 9.17) is 13.9 Å². The van der Waals surface area contributed by atoms with Crippen molar-refractivity contribution in [2.24, 2.45) is 0 Å². The van der Waals surface area contributed by atoms with Gasteiger partial charge in [0, 0.05) is 56.1 Å². The van der Waals surface area contributed by atoms with Crippen molar-refractivity contribution in [3.05, 3.63) is 131 Å². The van der Waals surface area contributed by atoms with Gasteiger partial charge in [-0.15, -0.1) is 11.8 Å². The Labute approximate surface area is 284 Å². The van der Waals surface area contributed by atoms with Crippen LogP contribution in [0.25, 0.3) is 17.4 Å². The second-order valence-electron chi connectivity index (χ2n) is 10.0. The number of furan rings is 1. The summed E-state index contributed by atoms with van der Waals surface area (Å²) < 4.78 is 17.4. The predicted octanol–water partition coefficient (Wildman–Crippen LogP) is 7.87. The number of carbonyl (C=O) groups excluding carboxylic acids is 3. The Kier molecular flexibility index (Phi) is 11.2. The molecule has 0 unspecified atom stereocenters. The van der Waals surface area contributed by atoms with Crippen molar-refractivity contribution in [3.63, 3.8) is 0 Å². The number of thioether (sulfide) groups is 1. The molecule has 4 aromatic carbocycles. The lowest BCUT2D eigenvalue weighted by Crippen LogP contribution is -2.30. The molecule has 3 N–H and O–H groups in total. The van der Waals surface area contributed by atoms with E-state index in [1.807, 2.05) is 24.3 Å². The standard InChI is InChI=1S/C36H30BrN3O6S/c1-44-29-18-27(19-30(20-29)45-2)38-34(41)22-47-31-15-12-26(13-16-31)39-36(43)32(40-35(42)24-6-4-3-5-7-24)21-28-14-17-33(46-28)23-8-10-25(37)11-9-23/h3-21H,22H2,1-2H3,(H,38,41)(H,39,43)(H,40,42)/b32-21-. The molecule has 0 saturated heterocycles. The molecule has 0 spiro atoms. The second-order valence-corrected chi connectivity index (χ2v) is 12.0. The molecule has 0 atom stereocenters. The number of hydrogen-bond acceptors (Lipinski definition) is 7. The van der Waals surface area contributed by atoms with Crippen molar-refractivity contribution >= 4 is 62.9 Å². The van der Waals surface area contributed by atoms with Crippen LogP contribution in [0.15, 0.2) is 129 Å². The van der Waals surface area contributed by atoms with Gasteiger partial charge in [0.05, 0.1) is 20.0 Å². The molecule has 0 aliphatic carbocycles. The van der Waals surface area contributed by atoms with Crippen LogP contribution in [-0.2, 0) is 9.59 Å². The average molecular weight is 713 g/mol. The van der Waals surface area contributed by atoms with Crippen molar-refractivity contribution in [1.82, 2.24) is 5.32 Å². The van der Waals surface area contributed by atoms with Crippen LogP contribution in [-0.4, -0.2) is 37.7 Å². The molecule has 0 saturated carbocycles. The summed E-state index contributed by atoms with van der Waals surface area (Å²) in [5.41, 5.74) is 2.33. The fourth-order valence-electron chi connectivity index (χ4n) is 4.34. The van der Waals surface area contributed by atoms with Gasteiger partial charge in [-0.05, 0) is 60.7 Å². The zero-order chi connectivity index (χ0) is 33.2. The van der Waals surface area contributed by atoms with Crippen LogP contribution in [0.2, 0.25) is 0 Å². The summed E-state index contributed by atoms with van der Waals surface area (Å²) in [6.07, 6.45) is 1.49. The molecule has 0 radical (unpaired) electrons. The normalized spacial score (nSPS) is 11.0. The number of ether oxygens (including phenoxy) is 2. The van der Waals surface area contributed by atoms with Gasteiger partial charge < -0.3 is 29.8 Å². The average Bonchev–Trinajstić information content (AvgIpc) is 3.56. The van der Waals surface area contributed by atoms with Gasteiger partial charge in [-0.2, -0.15) is 0 Å². The van der Waals surface area contributed by atoms with E-state index in [1.54, 1.807) is 99.1 Å². The van der Waals surface area contributed by atoms with E-state index in [9.17, 15) is 14.4 Å². The highest BCUT2D eigenvalue weighted by atomic mass is 79.9. The number of hydrogen-bond donors (Lipinski definition) is 3. The molecule has 3 amide bonds. The number of nitrogens with one attached hydrogen (secondary N) is 3. The van der Waals surface area contributed by atoms with Crippen molar-refractivity contribution in [2.45, 2.75) is 4.90 Å². The van der Waals surface area contributed by atoms with Crippen LogP contribution in [0.3, 0.4) is 0 Å². The minimum absolute atomic E-state index is 0.000135. The molecule has 9 nitrogen and oxygen atoms in total. The highest BCUT2D eigenvalue weighted by Gasteiger charge is 2.17. The number of anilines is 2. The van der Waals surface area contributed by atoms with Gasteiger partial charge in [0.15, 0.2) is 0 Å². The molecule has 0 aliphatic rings. The molecule has 0 bridgehead atoms. The number of rotatable bonds is 12. The van der Waals surface area contributed by atoms with Crippen LogP contribution in [0.4, 0.5) is 11.4 Å². The number of benzene rings is 4. The molecule has 0 aliphatic heterocycles. The lowest BCUT2D eigenvalue weighted by molar-refractivity contribution is -0.114. The molecule has 0 fully saturated rings. The molecule has 238 valence electrons. The predicted molar refractivity (Wildman–Crippen MR) is 188 cm³/mol. The SMILES string of the molecule is COc1cc(NC(=O)CSc2ccc(NC(=O)/C(=C/c3ccc(-c4ccc(Br)cc4)o3)NC(=O)c3ccccc3)cc2)cc(OC)c1. The number of halogens is 1. The van der Waals surface area contributed by atoms with Crippen molar-refractivity contribution in [1.29, 1.82) is 0 Å². The van der Waals surface area contributed by atoms with Gasteiger partial charge in [0.2, 0.25) is 5.91 Å². The molecule has 5 aromatic rings. The molecule has 1 aromatic heterocycles. The van der Waals surface area contributed by atoms with Gasteiger partial charge in [-0.1, -0.05) is 46.3 Å². The molecule has 5 rings (SSSR count). The Hall–Kier alpha value is -5.26. The Morgan fingerprint density at radius 2 is 1.47 bits per heavy atom. The van der Waals surface area contributed by atoms with Gasteiger partial charge >= 0.3 is 0 Å². The van der Waals surface area contributed by atoms with E-state index in [1.165, 1.54) is 17.8 Å². The van der Waals surface area contributed by atoms with Gasteiger partial charge in [-0.3, -0.25) is 14.4 Å². The van der Waals surface area contributed by atoms with Crippen LogP contribution < -0.4 is 25.4 Å². The highest BCUT2D eigenvalue weighted by Crippen LogP contribution is 2.27. The summed E-state index contributed by atoms with van der Waals surface area (Å²) in [4.78, 5) is 39.9. The third-order valence-electron chi connectivity index (χ3n) is 6.69. The van der Waals surface area contributed by atoms with E-state index in [0.717, 1.165) is 14.9 Å². The fourth-order valence-corrected chi connectivity index (χ4v) is 5.31. The van der Waals surface area contributed by atoms with Crippen LogP contribution in [0, 0.1) is 0 Å². The largest absolute Gasteiger partial charge is 0.497 e. The number of amides is 3. The summed E-state index contributed by atoms with van der Waals surface area (Å²) in [5, 5.41) is 8.39. The monoisotopic (exact) mass is 711 g/mol. The first kappa shape index (κ1) is 33.1. The first-order chi connectivity index (χ1) is 22.8. The van der Waals surface area contributed by atoms with Crippen LogP contribution >= 0.6 is 27.7 Å². The second kappa shape index (κ2) is 15.8. The van der Waals surface area contributed by atoms with Crippen molar-refractivity contribution in [2.75, 3.05) is 30.6 Å². The quantitative estimate of drug-likeness (QED) is 0.0890. The van der Waals surface area contributed by atoms with Gasteiger partial charge in [-0.25, -0.2) is 0 Å². The summed E-state index contributed by atoms with van der Waals surface area (Å²) in [5.74, 6) is 1.12. The third kappa shape index (κ3) is 9.38. The maximum absolute atomic E-state index is 13.4. The van der Waals surface area contributed by atoms with Crippen molar-refractivity contribution < 1.29 is 28.3 Å². The Balaban J connectivity index is 1.25. The summed E-state index contributed by atoms with van der Waals surface area (Å²) in [7, 11) is 3.08. The van der Waals surface area contributed by atoms with E-state index in [-0.39, 0.29) is 17.4 Å². The summed E-state index contributed by atoms with van der Waals surface area (Å²) in [6.45, 7) is 0. The van der Waals surface area contributed by atoms with Crippen LogP contribution in [0.5, 0.6) is 11.5 Å². The number of methoxy groups -OCH3 is 2. The zero-order valence-electron chi connectivity index (χ0n) is 25.4. The lowest BCUT2D eigenvalue weighted by atomic mass is 10.2. The van der Waals surface area contributed by atoms with E-state index in [2.05, 4.69) is 31.9 Å². The van der Waals surface area contributed by atoms with E-state index in [0.29, 0.717) is 40.0 Å². The summed E-state index contributed by atoms with van der Waals surface area (Å²) in [6, 6.07) is 32.0. The Morgan fingerprint density at radius 1 is 0.787 bits per heavy atom. The van der Waals surface area contributed by atoms with Crippen molar-refractivity contribution in [3.8, 4) is 22.8 Å².